The number of carbonyl (C=O) groups excluding carboxylic acids is 1. The van der Waals surface area contributed by atoms with E-state index in [-0.39, 0.29) is 28.9 Å². The molecule has 2 aromatic rings. The molecule has 28 heavy (non-hydrogen) atoms. The molecular formula is C22H22ClN3O2. The minimum atomic E-state index is -0.262. The lowest BCUT2D eigenvalue weighted by Gasteiger charge is -2.65. The number of rotatable bonds is 3. The molecule has 1 aromatic carbocycles. The number of hydrogen-bond acceptors (Lipinski definition) is 4. The largest absolute Gasteiger partial charge is 0.489 e. The van der Waals surface area contributed by atoms with Gasteiger partial charge in [0.2, 0.25) is 0 Å². The van der Waals surface area contributed by atoms with E-state index in [0.29, 0.717) is 28.4 Å². The van der Waals surface area contributed by atoms with E-state index in [9.17, 15) is 4.79 Å². The summed E-state index contributed by atoms with van der Waals surface area (Å²) in [5.74, 6) is 0.667. The third-order valence-electron chi connectivity index (χ3n) is 6.09. The van der Waals surface area contributed by atoms with Crippen molar-refractivity contribution in [3.8, 4) is 11.8 Å². The molecule has 1 aliphatic heterocycles. The van der Waals surface area contributed by atoms with Crippen LogP contribution < -0.4 is 4.74 Å². The van der Waals surface area contributed by atoms with Crippen molar-refractivity contribution in [1.82, 2.24) is 9.88 Å². The molecular weight excluding hydrogens is 374 g/mol. The number of ether oxygens (including phenoxy) is 1. The maximum atomic E-state index is 13.0. The molecule has 0 N–H and O–H groups in total. The highest BCUT2D eigenvalue weighted by molar-refractivity contribution is 6.31. The van der Waals surface area contributed by atoms with Gasteiger partial charge in [-0.25, -0.2) is 0 Å². The Morgan fingerprint density at radius 2 is 1.96 bits per heavy atom. The van der Waals surface area contributed by atoms with Crippen molar-refractivity contribution in [3.63, 3.8) is 0 Å². The van der Waals surface area contributed by atoms with Gasteiger partial charge in [-0.1, -0.05) is 39.3 Å². The van der Waals surface area contributed by atoms with Crippen molar-refractivity contribution in [2.45, 2.75) is 46.4 Å². The van der Waals surface area contributed by atoms with Gasteiger partial charge in [0.05, 0.1) is 28.4 Å². The predicted octanol–water partition coefficient (Wildman–Crippen LogP) is 4.44. The Kier molecular flexibility index (Phi) is 4.17. The lowest BCUT2D eigenvalue weighted by Crippen LogP contribution is -2.74. The number of halogens is 1. The number of pyridine rings is 1. The van der Waals surface area contributed by atoms with Crippen LogP contribution in [0.4, 0.5) is 0 Å². The first-order valence-corrected chi connectivity index (χ1v) is 9.67. The van der Waals surface area contributed by atoms with Crippen molar-refractivity contribution in [2.24, 2.45) is 10.8 Å². The SMILES string of the molecule is CC1(C)[C@H](Oc2ccc(C#N)c(Cl)c2)C(C)(C)[C@H]1N1Cc2ncccc2C1=O. The quantitative estimate of drug-likeness (QED) is 0.770. The Bertz CT molecular complexity index is 993. The fraction of sp³-hybridized carbons (Fsp3) is 0.409. The second kappa shape index (κ2) is 6.22. The molecule has 0 atom stereocenters. The number of nitriles is 1. The standard InChI is InChI=1S/C22H22ClN3O2/c1-21(2)19(26-12-17-15(18(26)27)6-5-9-25-17)22(3,4)20(21)28-14-8-7-13(11-24)16(23)10-14/h5-10,19-20H,12H2,1-4H3/t19-,20-. The highest BCUT2D eigenvalue weighted by atomic mass is 35.5. The van der Waals surface area contributed by atoms with E-state index in [1.54, 1.807) is 30.5 Å². The van der Waals surface area contributed by atoms with Gasteiger partial charge in [0.1, 0.15) is 17.9 Å². The molecule has 0 unspecified atom stereocenters. The zero-order valence-electron chi connectivity index (χ0n) is 16.4. The van der Waals surface area contributed by atoms with Gasteiger partial charge < -0.3 is 9.64 Å². The zero-order valence-corrected chi connectivity index (χ0v) is 17.1. The van der Waals surface area contributed by atoms with E-state index in [2.05, 4.69) is 38.7 Å². The number of hydrogen-bond donors (Lipinski definition) is 0. The Labute approximate surface area is 169 Å². The van der Waals surface area contributed by atoms with Crippen LogP contribution in [0, 0.1) is 22.2 Å². The Morgan fingerprint density at radius 3 is 2.57 bits per heavy atom. The molecule has 4 rings (SSSR count). The van der Waals surface area contributed by atoms with Crippen LogP contribution in [-0.4, -0.2) is 27.9 Å². The summed E-state index contributed by atoms with van der Waals surface area (Å²) < 4.78 is 6.32. The summed E-state index contributed by atoms with van der Waals surface area (Å²) >= 11 is 6.16. The molecule has 1 amide bonds. The predicted molar refractivity (Wildman–Crippen MR) is 106 cm³/mol. The van der Waals surface area contributed by atoms with Crippen LogP contribution in [-0.2, 0) is 6.54 Å². The molecule has 2 aliphatic rings. The molecule has 6 heteroatoms. The first-order valence-electron chi connectivity index (χ1n) is 9.29. The van der Waals surface area contributed by atoms with Gasteiger partial charge in [-0.2, -0.15) is 5.26 Å². The lowest BCUT2D eigenvalue weighted by molar-refractivity contribution is -0.199. The number of aromatic nitrogens is 1. The van der Waals surface area contributed by atoms with Crippen LogP contribution in [0.2, 0.25) is 5.02 Å². The summed E-state index contributed by atoms with van der Waals surface area (Å²) in [5.41, 5.74) is 1.43. The molecule has 1 fully saturated rings. The second-order valence-electron chi connectivity index (χ2n) is 8.73. The third-order valence-corrected chi connectivity index (χ3v) is 6.40. The molecule has 144 valence electrons. The van der Waals surface area contributed by atoms with Crippen LogP contribution in [0.25, 0.3) is 0 Å². The summed E-state index contributed by atoms with van der Waals surface area (Å²) in [6.07, 6.45) is 1.62. The summed E-state index contributed by atoms with van der Waals surface area (Å²) in [5, 5.41) is 9.43. The zero-order chi connectivity index (χ0) is 20.3. The van der Waals surface area contributed by atoms with E-state index in [1.807, 2.05) is 11.0 Å². The average molecular weight is 396 g/mol. The smallest absolute Gasteiger partial charge is 0.256 e. The number of nitrogens with zero attached hydrogens (tertiary/aromatic N) is 3. The molecule has 5 nitrogen and oxygen atoms in total. The van der Waals surface area contributed by atoms with Gasteiger partial charge >= 0.3 is 0 Å². The molecule has 2 heterocycles. The van der Waals surface area contributed by atoms with Crippen molar-refractivity contribution in [1.29, 1.82) is 5.26 Å². The number of amides is 1. The minimum absolute atomic E-state index is 0.0144. The number of fused-ring (bicyclic) bond motifs is 1. The van der Waals surface area contributed by atoms with Crippen molar-refractivity contribution in [2.75, 3.05) is 0 Å². The second-order valence-corrected chi connectivity index (χ2v) is 9.13. The van der Waals surface area contributed by atoms with Crippen LogP contribution in [0.5, 0.6) is 5.75 Å². The summed E-state index contributed by atoms with van der Waals surface area (Å²) in [6, 6.07) is 10.8. The number of carbonyl (C=O) groups is 1. The van der Waals surface area contributed by atoms with Crippen molar-refractivity contribution in [3.05, 3.63) is 58.4 Å². The van der Waals surface area contributed by atoms with Gasteiger partial charge in [-0.3, -0.25) is 9.78 Å². The Morgan fingerprint density at radius 1 is 1.25 bits per heavy atom. The molecule has 0 bridgehead atoms. The molecule has 1 aromatic heterocycles. The van der Waals surface area contributed by atoms with Crippen LogP contribution in [0.1, 0.15) is 49.3 Å². The lowest BCUT2D eigenvalue weighted by atomic mass is 9.49. The highest BCUT2D eigenvalue weighted by Gasteiger charge is 2.67. The minimum Gasteiger partial charge on any atom is -0.489 e. The fourth-order valence-electron chi connectivity index (χ4n) is 5.37. The molecule has 0 radical (unpaired) electrons. The van der Waals surface area contributed by atoms with Gasteiger partial charge in [0.15, 0.2) is 0 Å². The van der Waals surface area contributed by atoms with E-state index in [4.69, 9.17) is 21.6 Å². The Hall–Kier alpha value is -2.58. The van der Waals surface area contributed by atoms with E-state index in [0.717, 1.165) is 5.69 Å². The molecule has 1 aliphatic carbocycles. The molecule has 0 spiro atoms. The maximum Gasteiger partial charge on any atom is 0.256 e. The first-order chi connectivity index (χ1) is 13.2. The van der Waals surface area contributed by atoms with Gasteiger partial charge in [0.25, 0.3) is 5.91 Å². The monoisotopic (exact) mass is 395 g/mol. The molecule has 0 saturated heterocycles. The third kappa shape index (κ3) is 2.59. The average Bonchev–Trinajstić information content (AvgIpc) is 2.95. The Balaban J connectivity index is 1.60. The molecule has 1 saturated carbocycles. The number of benzene rings is 1. The summed E-state index contributed by atoms with van der Waals surface area (Å²) in [6.45, 7) is 9.04. The fourth-order valence-corrected chi connectivity index (χ4v) is 5.58. The van der Waals surface area contributed by atoms with Gasteiger partial charge in [-0.05, 0) is 24.3 Å². The van der Waals surface area contributed by atoms with E-state index >= 15 is 0 Å². The van der Waals surface area contributed by atoms with Crippen LogP contribution in [0.15, 0.2) is 36.5 Å². The van der Waals surface area contributed by atoms with Crippen LogP contribution >= 0.6 is 11.6 Å². The highest BCUT2D eigenvalue weighted by Crippen LogP contribution is 2.59. The van der Waals surface area contributed by atoms with Crippen molar-refractivity contribution >= 4 is 17.5 Å². The first kappa shape index (κ1) is 18.8. The van der Waals surface area contributed by atoms with E-state index < -0.39 is 0 Å². The van der Waals surface area contributed by atoms with E-state index in [1.165, 1.54) is 0 Å². The topological polar surface area (TPSA) is 66.2 Å². The van der Waals surface area contributed by atoms with Crippen molar-refractivity contribution < 1.29 is 9.53 Å². The maximum absolute atomic E-state index is 13.0. The van der Waals surface area contributed by atoms with Crippen LogP contribution in [0.3, 0.4) is 0 Å². The summed E-state index contributed by atoms with van der Waals surface area (Å²) in [4.78, 5) is 19.3. The normalized spacial score (nSPS) is 24.3. The van der Waals surface area contributed by atoms with Gasteiger partial charge in [-0.15, -0.1) is 0 Å². The van der Waals surface area contributed by atoms with Gasteiger partial charge in [0, 0.05) is 29.1 Å². The summed E-state index contributed by atoms with van der Waals surface area (Å²) in [7, 11) is 0.